The van der Waals surface area contributed by atoms with Crippen molar-refractivity contribution >= 4 is 34.0 Å². The van der Waals surface area contributed by atoms with Gasteiger partial charge in [0, 0.05) is 57.6 Å². The lowest BCUT2D eigenvalue weighted by atomic mass is 9.78. The smallest absolute Gasteiger partial charge is 0.284 e. The predicted octanol–water partition coefficient (Wildman–Crippen LogP) is 5.53. The highest BCUT2D eigenvalue weighted by molar-refractivity contribution is 6.12. The number of anilines is 2. The van der Waals surface area contributed by atoms with Crippen molar-refractivity contribution in [2.75, 3.05) is 43.0 Å². The highest BCUT2D eigenvalue weighted by Gasteiger charge is 2.46. The molecule has 19 heteroatoms. The number of rotatable bonds is 12. The minimum absolute atomic E-state index is 0.0118. The van der Waals surface area contributed by atoms with E-state index in [-0.39, 0.29) is 53.3 Å². The topological polar surface area (TPSA) is 182 Å². The summed E-state index contributed by atoms with van der Waals surface area (Å²) in [6.45, 7) is 8.29. The van der Waals surface area contributed by atoms with Crippen molar-refractivity contribution in [3.05, 3.63) is 59.8 Å². The molecule has 6 fully saturated rings. The number of carbonyl (C=O) groups excluding carboxylic acids is 1. The van der Waals surface area contributed by atoms with Gasteiger partial charge in [0.25, 0.3) is 12.3 Å². The van der Waals surface area contributed by atoms with E-state index in [1.54, 1.807) is 33.9 Å². The molecule has 5 atom stereocenters. The van der Waals surface area contributed by atoms with E-state index >= 15 is 0 Å². The van der Waals surface area contributed by atoms with E-state index in [0.29, 0.717) is 43.4 Å². The first-order valence-corrected chi connectivity index (χ1v) is 23.5. The molecule has 8 heterocycles. The molecular weight excluding hydrogens is 841 g/mol. The summed E-state index contributed by atoms with van der Waals surface area (Å²) in [4.78, 5) is 23.0. The molecule has 2 aliphatic carbocycles. The third kappa shape index (κ3) is 8.26. The Morgan fingerprint density at radius 3 is 2.57 bits per heavy atom. The van der Waals surface area contributed by atoms with E-state index in [4.69, 9.17) is 19.3 Å². The van der Waals surface area contributed by atoms with Gasteiger partial charge in [-0.05, 0) is 95.8 Å². The average Bonchev–Trinajstić information content (AvgIpc) is 4.13. The largest absolute Gasteiger partial charge is 0.489 e. The minimum Gasteiger partial charge on any atom is -0.489 e. The molecule has 5 aromatic rings. The van der Waals surface area contributed by atoms with Gasteiger partial charge in [-0.2, -0.15) is 10.2 Å². The molecule has 348 valence electrons. The second-order valence-electron chi connectivity index (χ2n) is 19.6. The van der Waals surface area contributed by atoms with Crippen molar-refractivity contribution in [3.63, 3.8) is 0 Å². The molecule has 0 spiro atoms. The van der Waals surface area contributed by atoms with Crippen molar-refractivity contribution in [1.29, 1.82) is 0 Å². The molecule has 11 rings (SSSR count). The number of nitrogens with zero attached hydrogens (tertiary/aromatic N) is 9. The number of aryl methyl sites for hydroxylation is 1. The number of halogens is 2. The molecule has 17 nitrogen and oxygen atoms in total. The van der Waals surface area contributed by atoms with E-state index in [9.17, 15) is 23.8 Å². The van der Waals surface area contributed by atoms with Crippen LogP contribution in [0.5, 0.6) is 5.75 Å². The van der Waals surface area contributed by atoms with Crippen molar-refractivity contribution in [2.24, 2.45) is 5.92 Å². The number of benzene rings is 1. The van der Waals surface area contributed by atoms with Crippen molar-refractivity contribution in [3.8, 4) is 5.75 Å². The summed E-state index contributed by atoms with van der Waals surface area (Å²) in [5.41, 5.74) is 1.71. The van der Waals surface area contributed by atoms with Gasteiger partial charge >= 0.3 is 0 Å². The van der Waals surface area contributed by atoms with E-state index in [1.807, 2.05) is 29.8 Å². The fourth-order valence-corrected chi connectivity index (χ4v) is 11.6. The van der Waals surface area contributed by atoms with Crippen LogP contribution in [0.1, 0.15) is 118 Å². The van der Waals surface area contributed by atoms with Crippen LogP contribution in [0.4, 0.5) is 20.3 Å². The average molecular weight is 900 g/mol. The van der Waals surface area contributed by atoms with Crippen LogP contribution >= 0.6 is 0 Å². The van der Waals surface area contributed by atoms with E-state index < -0.39 is 30.5 Å². The number of aliphatic hydroxyl groups excluding tert-OH is 2. The Hall–Kier alpha value is -4.79. The third-order valence-corrected chi connectivity index (χ3v) is 14.9. The summed E-state index contributed by atoms with van der Waals surface area (Å²) in [5, 5.41) is 41.0. The summed E-state index contributed by atoms with van der Waals surface area (Å²) in [7, 11) is 0. The van der Waals surface area contributed by atoms with Crippen LogP contribution < -0.4 is 20.3 Å². The molecule has 1 aromatic carbocycles. The zero-order valence-electron chi connectivity index (χ0n) is 36.9. The van der Waals surface area contributed by atoms with E-state index in [1.165, 1.54) is 0 Å². The lowest BCUT2D eigenvalue weighted by Gasteiger charge is -2.47. The second kappa shape index (κ2) is 17.1. The fraction of sp³-hybridized carbons (Fsp3) is 0.630. The van der Waals surface area contributed by atoms with Gasteiger partial charge in [0.2, 0.25) is 0 Å². The number of likely N-dealkylation sites (tertiary alicyclic amines) is 1. The SMILES string of the molecule is Cc1nn([C@@H]2CC[C@@H](O)N[C@@H]2O)c2cccc(OC3CC(C)(OC4CCN(CC5CCC(n6cc(NC(=O)c7c(N8C[C@H]9C[C@@H]8CO9)nn8cccnc78)c(C(F)F)n6)CC5)CC4)C3)c12. The van der Waals surface area contributed by atoms with Gasteiger partial charge < -0.3 is 39.5 Å². The van der Waals surface area contributed by atoms with Crippen molar-refractivity contribution < 1.29 is 38.0 Å². The minimum atomic E-state index is -2.86. The Kier molecular flexibility index (Phi) is 11.3. The number of hydrogen-bond donors (Lipinski definition) is 4. The number of fused-ring (bicyclic) bond motifs is 4. The van der Waals surface area contributed by atoms with Crippen LogP contribution in [0.15, 0.2) is 42.9 Å². The number of morpholine rings is 1. The molecule has 4 N–H and O–H groups in total. The van der Waals surface area contributed by atoms with E-state index in [2.05, 4.69) is 42.5 Å². The third-order valence-electron chi connectivity index (χ3n) is 14.9. The molecule has 4 aliphatic heterocycles. The van der Waals surface area contributed by atoms with Gasteiger partial charge in [0.15, 0.2) is 17.2 Å². The number of ether oxygens (including phenoxy) is 3. The van der Waals surface area contributed by atoms with Gasteiger partial charge in [-0.3, -0.25) is 19.5 Å². The number of aromatic nitrogens is 7. The molecule has 65 heavy (non-hydrogen) atoms. The maximum absolute atomic E-state index is 14.5. The van der Waals surface area contributed by atoms with Crippen LogP contribution in [0.25, 0.3) is 16.6 Å². The summed E-state index contributed by atoms with van der Waals surface area (Å²) in [6.07, 6.45) is 9.93. The van der Waals surface area contributed by atoms with Gasteiger partial charge in [0.1, 0.15) is 29.9 Å². The number of amides is 1. The van der Waals surface area contributed by atoms with Crippen LogP contribution in [0.2, 0.25) is 0 Å². The molecule has 0 unspecified atom stereocenters. The molecular formula is C46H59F2N11O6. The summed E-state index contributed by atoms with van der Waals surface area (Å²) in [6, 6.07) is 7.49. The highest BCUT2D eigenvalue weighted by atomic mass is 19.3. The fourth-order valence-electron chi connectivity index (χ4n) is 11.6. The molecule has 4 saturated heterocycles. The Morgan fingerprint density at radius 1 is 1.02 bits per heavy atom. The van der Waals surface area contributed by atoms with Crippen LogP contribution in [-0.2, 0) is 9.47 Å². The van der Waals surface area contributed by atoms with Crippen LogP contribution in [0.3, 0.4) is 0 Å². The van der Waals surface area contributed by atoms with Crippen molar-refractivity contribution in [2.45, 2.75) is 145 Å². The number of alkyl halides is 2. The first-order chi connectivity index (χ1) is 31.4. The first kappa shape index (κ1) is 42.8. The zero-order chi connectivity index (χ0) is 44.6. The Morgan fingerprint density at radius 2 is 1.83 bits per heavy atom. The molecule has 4 aromatic heterocycles. The van der Waals surface area contributed by atoms with Crippen molar-refractivity contribution in [1.82, 2.24) is 44.4 Å². The summed E-state index contributed by atoms with van der Waals surface area (Å²) >= 11 is 0. The van der Waals surface area contributed by atoms with E-state index in [0.717, 1.165) is 99.8 Å². The summed E-state index contributed by atoms with van der Waals surface area (Å²) < 4.78 is 53.1. The molecule has 2 bridgehead atoms. The van der Waals surface area contributed by atoms with Gasteiger partial charge in [-0.1, -0.05) is 6.07 Å². The Bertz CT molecular complexity index is 2530. The van der Waals surface area contributed by atoms with Crippen LogP contribution in [-0.4, -0.2) is 130 Å². The number of piperidine rings is 2. The molecule has 0 radical (unpaired) electrons. The van der Waals surface area contributed by atoms with Gasteiger partial charge in [0.05, 0.1) is 64.8 Å². The molecule has 6 aliphatic rings. The first-order valence-electron chi connectivity index (χ1n) is 23.5. The number of hydrogen-bond acceptors (Lipinski definition) is 13. The lowest BCUT2D eigenvalue weighted by molar-refractivity contribution is -0.175. The van der Waals surface area contributed by atoms with Gasteiger partial charge in [-0.25, -0.2) is 18.3 Å². The second-order valence-corrected chi connectivity index (χ2v) is 19.6. The zero-order valence-corrected chi connectivity index (χ0v) is 36.9. The van der Waals surface area contributed by atoms with Gasteiger partial charge in [-0.15, -0.1) is 5.10 Å². The number of nitrogens with one attached hydrogen (secondary N) is 2. The number of carbonyl (C=O) groups is 1. The number of aliphatic hydroxyl groups is 2. The lowest BCUT2D eigenvalue weighted by Crippen LogP contribution is -2.52. The predicted molar refractivity (Wildman–Crippen MR) is 235 cm³/mol. The molecule has 1 amide bonds. The highest BCUT2D eigenvalue weighted by Crippen LogP contribution is 2.43. The Labute approximate surface area is 375 Å². The van der Waals surface area contributed by atoms with Crippen LogP contribution in [0, 0.1) is 12.8 Å². The molecule has 2 saturated carbocycles. The quantitative estimate of drug-likeness (QED) is 0.123. The standard InChI is InChI=1S/C46H59F2N11O6/c1-26-38-34(59(52-26)35-11-12-37(60)51-44(35)61)5-3-6-36(38)64-32-20-46(2,21-32)65-30-13-17-55(18-14-30)22-27-7-9-28(10-8-27)58-24-33(40(53-58)41(47)48)50-45(62)39-42-49-15-4-16-57(42)54-43(39)56-23-31-19-29(56)25-63-31/h3-6,15-16,24,27-32,35,37,41,44,51,60-61H,7-14,17-23,25H2,1-2H3,(H,50,62)/t27?,28?,29-,31-,32?,35-,37-,44-,46?/m1/s1. The Balaban J connectivity index is 0.652. The summed E-state index contributed by atoms with van der Waals surface area (Å²) in [5.74, 6) is 1.25. The monoisotopic (exact) mass is 899 g/mol. The maximum atomic E-state index is 14.5. The normalized spacial score (nSPS) is 31.0. The maximum Gasteiger partial charge on any atom is 0.284 e.